The number of carbonyl (C=O) groups is 2. The zero-order valence-corrected chi connectivity index (χ0v) is 21.2. The van der Waals surface area contributed by atoms with Gasteiger partial charge in [-0.05, 0) is 47.9 Å². The lowest BCUT2D eigenvalue weighted by molar-refractivity contribution is -0.135. The van der Waals surface area contributed by atoms with Crippen molar-refractivity contribution in [3.05, 3.63) is 92.4 Å². The SMILES string of the molecule is O=C(OCC(=O)N1CCc2ccccc2C1)c1cc(S(=O)(=O)Nc2cccc(Cl)c2)c(Cl)cc1Cl. The third-order valence-corrected chi connectivity index (χ3v) is 7.81. The molecular formula is C24H19Cl3N2O5S. The van der Waals surface area contributed by atoms with Crippen molar-refractivity contribution in [3.63, 3.8) is 0 Å². The maximum Gasteiger partial charge on any atom is 0.340 e. The quantitative estimate of drug-likeness (QED) is 0.424. The topological polar surface area (TPSA) is 92.8 Å². The van der Waals surface area contributed by atoms with Crippen LogP contribution in [0, 0.1) is 0 Å². The molecule has 0 saturated carbocycles. The minimum absolute atomic E-state index is 0.110. The molecule has 0 fully saturated rings. The van der Waals surface area contributed by atoms with Crippen LogP contribution in [0.4, 0.5) is 5.69 Å². The van der Waals surface area contributed by atoms with E-state index in [-0.39, 0.29) is 32.1 Å². The molecular weight excluding hydrogens is 535 g/mol. The number of esters is 1. The number of anilines is 1. The summed E-state index contributed by atoms with van der Waals surface area (Å²) in [5.74, 6) is -1.31. The predicted octanol–water partition coefficient (Wildman–Crippen LogP) is 5.19. The van der Waals surface area contributed by atoms with Crippen LogP contribution in [0.25, 0.3) is 0 Å². The zero-order chi connectivity index (χ0) is 25.2. The van der Waals surface area contributed by atoms with Gasteiger partial charge in [-0.1, -0.05) is 65.1 Å². The van der Waals surface area contributed by atoms with Crippen LogP contribution in [0.3, 0.4) is 0 Å². The first-order valence-electron chi connectivity index (χ1n) is 10.4. The lowest BCUT2D eigenvalue weighted by atomic mass is 10.00. The molecule has 3 aromatic carbocycles. The van der Waals surface area contributed by atoms with Gasteiger partial charge in [-0.2, -0.15) is 0 Å². The number of halogens is 3. The number of sulfonamides is 1. The summed E-state index contributed by atoms with van der Waals surface area (Å²) in [6, 6.07) is 16.1. The van der Waals surface area contributed by atoms with E-state index in [0.29, 0.717) is 24.5 Å². The Morgan fingerprint density at radius 2 is 1.69 bits per heavy atom. The van der Waals surface area contributed by atoms with E-state index in [0.717, 1.165) is 17.7 Å². The number of hydrogen-bond donors (Lipinski definition) is 1. The molecule has 4 rings (SSSR count). The highest BCUT2D eigenvalue weighted by Crippen LogP contribution is 2.31. The molecule has 7 nitrogen and oxygen atoms in total. The highest BCUT2D eigenvalue weighted by Gasteiger charge is 2.25. The molecule has 1 N–H and O–H groups in total. The molecule has 0 radical (unpaired) electrons. The second kappa shape index (κ2) is 10.5. The number of ether oxygens (including phenoxy) is 1. The third-order valence-electron chi connectivity index (χ3n) is 5.42. The molecule has 0 saturated heterocycles. The predicted molar refractivity (Wildman–Crippen MR) is 135 cm³/mol. The highest BCUT2D eigenvalue weighted by molar-refractivity contribution is 7.92. The summed E-state index contributed by atoms with van der Waals surface area (Å²) >= 11 is 18.2. The fraction of sp³-hybridized carbons (Fsp3) is 0.167. The number of nitrogens with zero attached hydrogens (tertiary/aromatic N) is 1. The molecule has 0 aromatic heterocycles. The zero-order valence-electron chi connectivity index (χ0n) is 18.1. The van der Waals surface area contributed by atoms with Gasteiger partial charge in [0.05, 0.1) is 21.3 Å². The number of hydrogen-bond acceptors (Lipinski definition) is 5. The molecule has 1 heterocycles. The van der Waals surface area contributed by atoms with Crippen LogP contribution in [0.1, 0.15) is 21.5 Å². The Morgan fingerprint density at radius 3 is 2.43 bits per heavy atom. The Bertz CT molecular complexity index is 1410. The van der Waals surface area contributed by atoms with E-state index in [1.165, 1.54) is 17.7 Å². The van der Waals surface area contributed by atoms with Crippen LogP contribution in [0.2, 0.25) is 15.1 Å². The van der Waals surface area contributed by atoms with Crippen molar-refractivity contribution in [1.29, 1.82) is 0 Å². The normalized spacial score (nSPS) is 13.2. The molecule has 1 amide bonds. The number of benzene rings is 3. The maximum absolute atomic E-state index is 12.9. The van der Waals surface area contributed by atoms with Gasteiger partial charge in [0.25, 0.3) is 15.9 Å². The summed E-state index contributed by atoms with van der Waals surface area (Å²) in [5.41, 5.74) is 2.20. The smallest absolute Gasteiger partial charge is 0.340 e. The van der Waals surface area contributed by atoms with Crippen molar-refractivity contribution in [2.24, 2.45) is 0 Å². The molecule has 0 spiro atoms. The van der Waals surface area contributed by atoms with Crippen LogP contribution >= 0.6 is 34.8 Å². The van der Waals surface area contributed by atoms with Crippen molar-refractivity contribution in [3.8, 4) is 0 Å². The third kappa shape index (κ3) is 5.90. The van der Waals surface area contributed by atoms with Gasteiger partial charge in [0.2, 0.25) is 0 Å². The van der Waals surface area contributed by atoms with Gasteiger partial charge < -0.3 is 9.64 Å². The average molecular weight is 554 g/mol. The molecule has 3 aromatic rings. The summed E-state index contributed by atoms with van der Waals surface area (Å²) < 4.78 is 33.3. The van der Waals surface area contributed by atoms with E-state index < -0.39 is 22.6 Å². The van der Waals surface area contributed by atoms with E-state index in [2.05, 4.69) is 4.72 Å². The van der Waals surface area contributed by atoms with Crippen molar-refractivity contribution in [1.82, 2.24) is 4.90 Å². The van der Waals surface area contributed by atoms with Crippen molar-refractivity contribution >= 4 is 62.4 Å². The van der Waals surface area contributed by atoms with E-state index >= 15 is 0 Å². The largest absolute Gasteiger partial charge is 0.452 e. The first-order valence-corrected chi connectivity index (χ1v) is 13.0. The molecule has 0 atom stereocenters. The van der Waals surface area contributed by atoms with Crippen molar-refractivity contribution in [2.75, 3.05) is 17.9 Å². The van der Waals surface area contributed by atoms with Gasteiger partial charge in [0, 0.05) is 18.1 Å². The summed E-state index contributed by atoms with van der Waals surface area (Å²) in [5, 5.41) is 0.0312. The van der Waals surface area contributed by atoms with Gasteiger partial charge in [-0.3, -0.25) is 9.52 Å². The van der Waals surface area contributed by atoms with Crippen LogP contribution < -0.4 is 4.72 Å². The Labute approximate surface area is 217 Å². The van der Waals surface area contributed by atoms with E-state index in [4.69, 9.17) is 39.5 Å². The summed E-state index contributed by atoms with van der Waals surface area (Å²) in [7, 11) is -4.19. The van der Waals surface area contributed by atoms with Crippen molar-refractivity contribution in [2.45, 2.75) is 17.9 Å². The minimum atomic E-state index is -4.19. The Balaban J connectivity index is 1.47. The van der Waals surface area contributed by atoms with Gasteiger partial charge in [0.15, 0.2) is 6.61 Å². The first kappa shape index (κ1) is 25.3. The fourth-order valence-corrected chi connectivity index (χ4v) is 5.75. The van der Waals surface area contributed by atoms with Gasteiger partial charge >= 0.3 is 5.97 Å². The number of nitrogens with one attached hydrogen (secondary N) is 1. The first-order chi connectivity index (χ1) is 16.6. The second-order valence-electron chi connectivity index (χ2n) is 7.79. The Morgan fingerprint density at radius 1 is 0.943 bits per heavy atom. The molecule has 11 heteroatoms. The van der Waals surface area contributed by atoms with Gasteiger partial charge in [-0.25, -0.2) is 13.2 Å². The standard InChI is InChI=1S/C24H19Cl3N2O5S/c25-17-6-3-7-18(10-17)28-35(32,33)22-11-19(20(26)12-21(22)27)24(31)34-14-23(30)29-9-8-15-4-1-2-5-16(15)13-29/h1-7,10-12,28H,8-9,13-14H2. The summed E-state index contributed by atoms with van der Waals surface area (Å²) in [6.07, 6.45) is 0.708. The van der Waals surface area contributed by atoms with Crippen molar-refractivity contribution < 1.29 is 22.7 Å². The number of fused-ring (bicyclic) bond motifs is 1. The highest BCUT2D eigenvalue weighted by atomic mass is 35.5. The Kier molecular flexibility index (Phi) is 7.56. The van der Waals surface area contributed by atoms with E-state index in [9.17, 15) is 18.0 Å². The lowest BCUT2D eigenvalue weighted by Gasteiger charge is -2.28. The van der Waals surface area contributed by atoms with Gasteiger partial charge in [-0.15, -0.1) is 0 Å². The minimum Gasteiger partial charge on any atom is -0.452 e. The maximum atomic E-state index is 12.9. The summed E-state index contributed by atoms with van der Waals surface area (Å²) in [6.45, 7) is 0.418. The summed E-state index contributed by atoms with van der Waals surface area (Å²) in [4.78, 5) is 26.5. The molecule has 0 unspecified atom stereocenters. The van der Waals surface area contributed by atoms with E-state index in [1.807, 2.05) is 24.3 Å². The lowest BCUT2D eigenvalue weighted by Crippen LogP contribution is -2.38. The number of amides is 1. The Hall–Kier alpha value is -2.78. The van der Waals surface area contributed by atoms with Crippen LogP contribution in [0.15, 0.2) is 65.6 Å². The van der Waals surface area contributed by atoms with E-state index in [1.54, 1.807) is 17.0 Å². The second-order valence-corrected chi connectivity index (χ2v) is 10.7. The molecule has 0 aliphatic carbocycles. The van der Waals surface area contributed by atoms with Crippen LogP contribution in [-0.2, 0) is 32.5 Å². The average Bonchev–Trinajstić information content (AvgIpc) is 2.81. The number of carbonyl (C=O) groups excluding carboxylic acids is 2. The van der Waals surface area contributed by atoms with Crippen LogP contribution in [0.5, 0.6) is 0 Å². The molecule has 0 bridgehead atoms. The number of rotatable bonds is 6. The molecule has 182 valence electrons. The molecule has 35 heavy (non-hydrogen) atoms. The fourth-order valence-electron chi connectivity index (χ4n) is 3.66. The van der Waals surface area contributed by atoms with Gasteiger partial charge in [0.1, 0.15) is 4.90 Å². The molecule has 1 aliphatic heterocycles. The molecule has 1 aliphatic rings. The monoisotopic (exact) mass is 552 g/mol. The van der Waals surface area contributed by atoms with Crippen LogP contribution in [-0.4, -0.2) is 38.3 Å².